The van der Waals surface area contributed by atoms with Crippen molar-refractivity contribution in [1.29, 1.82) is 0 Å². The zero-order chi connectivity index (χ0) is 21.7. The Morgan fingerprint density at radius 2 is 1.76 bits per heavy atom. The molecule has 1 aromatic rings. The van der Waals surface area contributed by atoms with Crippen LogP contribution in [0.2, 0.25) is 0 Å². The van der Waals surface area contributed by atoms with Gasteiger partial charge in [0, 0.05) is 17.8 Å². The molecule has 10 heteroatoms. The predicted octanol–water partition coefficient (Wildman–Crippen LogP) is 3.99. The van der Waals surface area contributed by atoms with E-state index in [0.29, 0.717) is 5.56 Å². The van der Waals surface area contributed by atoms with Gasteiger partial charge in [-0.15, -0.1) is 0 Å². The molecule has 0 aromatic heterocycles. The lowest BCUT2D eigenvalue weighted by molar-refractivity contribution is -0.159. The van der Waals surface area contributed by atoms with Gasteiger partial charge in [0.2, 0.25) is 11.9 Å². The molecule has 1 aliphatic heterocycles. The molecule has 0 saturated carbocycles. The fourth-order valence-electron chi connectivity index (χ4n) is 3.37. The van der Waals surface area contributed by atoms with Crippen molar-refractivity contribution >= 4 is 16.1 Å². The molecule has 0 bridgehead atoms. The standard InChI is InChI=1S/C19H21F3O6S/c1-17(2,3)16-26-15(23)18(27-16,12-7-5-4-6-8-12)13-9-10-14(11-13)28-29(24,25)19(20,21)22/h4-8,11,13,16H,9-10H2,1-3H3/t13?,16-,18-/m0/s1. The van der Waals surface area contributed by atoms with Crippen molar-refractivity contribution in [2.75, 3.05) is 0 Å². The van der Waals surface area contributed by atoms with Crippen molar-refractivity contribution in [3.63, 3.8) is 0 Å². The Bertz CT molecular complexity index is 918. The summed E-state index contributed by atoms with van der Waals surface area (Å²) in [4.78, 5) is 13.0. The zero-order valence-corrected chi connectivity index (χ0v) is 16.8. The summed E-state index contributed by atoms with van der Waals surface area (Å²) in [6, 6.07) is 8.45. The average molecular weight is 434 g/mol. The minimum atomic E-state index is -5.79. The molecule has 3 rings (SSSR count). The van der Waals surface area contributed by atoms with Crippen LogP contribution in [0.4, 0.5) is 13.2 Å². The van der Waals surface area contributed by atoms with Crippen molar-refractivity contribution in [3.05, 3.63) is 47.7 Å². The second kappa shape index (κ2) is 7.02. The number of cyclic esters (lactones) is 1. The lowest BCUT2D eigenvalue weighted by Gasteiger charge is -2.32. The highest BCUT2D eigenvalue weighted by atomic mass is 32.2. The minimum Gasteiger partial charge on any atom is -0.433 e. The maximum Gasteiger partial charge on any atom is 0.534 e. The molecule has 1 heterocycles. The molecule has 0 spiro atoms. The number of carbonyl (C=O) groups is 1. The second-order valence-electron chi connectivity index (χ2n) is 8.08. The normalized spacial score (nSPS) is 28.2. The topological polar surface area (TPSA) is 78.9 Å². The Morgan fingerprint density at radius 1 is 1.14 bits per heavy atom. The van der Waals surface area contributed by atoms with E-state index >= 15 is 0 Å². The molecule has 1 aliphatic carbocycles. The quantitative estimate of drug-likeness (QED) is 0.405. The molecule has 0 amide bonds. The first-order chi connectivity index (χ1) is 13.3. The summed E-state index contributed by atoms with van der Waals surface area (Å²) >= 11 is 0. The van der Waals surface area contributed by atoms with E-state index < -0.39 is 44.8 Å². The summed E-state index contributed by atoms with van der Waals surface area (Å²) in [5, 5.41) is 0. The van der Waals surface area contributed by atoms with Gasteiger partial charge in [-0.05, 0) is 18.1 Å². The van der Waals surface area contributed by atoms with Crippen LogP contribution in [0.1, 0.15) is 39.2 Å². The maximum absolute atomic E-state index is 13.0. The van der Waals surface area contributed by atoms with Crippen LogP contribution in [0.15, 0.2) is 42.2 Å². The Kier molecular flexibility index (Phi) is 5.23. The van der Waals surface area contributed by atoms with Crippen LogP contribution in [0.3, 0.4) is 0 Å². The summed E-state index contributed by atoms with van der Waals surface area (Å²) in [7, 11) is -5.79. The number of hydrogen-bond acceptors (Lipinski definition) is 6. The molecule has 1 unspecified atom stereocenters. The first-order valence-electron chi connectivity index (χ1n) is 8.93. The van der Waals surface area contributed by atoms with Crippen molar-refractivity contribution in [2.45, 2.75) is 51.0 Å². The van der Waals surface area contributed by atoms with Gasteiger partial charge in [0.15, 0.2) is 0 Å². The molecule has 160 valence electrons. The van der Waals surface area contributed by atoms with Crippen molar-refractivity contribution in [2.24, 2.45) is 11.3 Å². The highest BCUT2D eigenvalue weighted by molar-refractivity contribution is 7.87. The van der Waals surface area contributed by atoms with E-state index in [9.17, 15) is 26.4 Å². The third-order valence-electron chi connectivity index (χ3n) is 4.83. The molecule has 3 atom stereocenters. The summed E-state index contributed by atoms with van der Waals surface area (Å²) in [6.07, 6.45) is 0.393. The zero-order valence-electron chi connectivity index (χ0n) is 16.0. The van der Waals surface area contributed by atoms with Gasteiger partial charge in [-0.2, -0.15) is 21.6 Å². The molecular formula is C19H21F3O6S. The summed E-state index contributed by atoms with van der Waals surface area (Å²) in [6.45, 7) is 5.46. The van der Waals surface area contributed by atoms with Crippen LogP contribution in [-0.4, -0.2) is 26.2 Å². The van der Waals surface area contributed by atoms with Crippen LogP contribution in [0.25, 0.3) is 0 Å². The lowest BCUT2D eigenvalue weighted by Crippen LogP contribution is -2.41. The highest BCUT2D eigenvalue weighted by Crippen LogP contribution is 2.50. The van der Waals surface area contributed by atoms with Gasteiger partial charge in [0.05, 0.1) is 0 Å². The number of carbonyl (C=O) groups excluding carboxylic acids is 1. The lowest BCUT2D eigenvalue weighted by atomic mass is 9.80. The number of benzene rings is 1. The summed E-state index contributed by atoms with van der Waals surface area (Å²) in [5.41, 5.74) is -7.22. The Morgan fingerprint density at radius 3 is 2.28 bits per heavy atom. The van der Waals surface area contributed by atoms with Crippen LogP contribution < -0.4 is 0 Å². The Labute approximate surface area is 166 Å². The second-order valence-corrected chi connectivity index (χ2v) is 9.62. The van der Waals surface area contributed by atoms with Crippen LogP contribution >= 0.6 is 0 Å². The molecule has 0 radical (unpaired) electrons. The molecule has 0 N–H and O–H groups in total. The number of halogens is 3. The van der Waals surface area contributed by atoms with Gasteiger partial charge < -0.3 is 13.7 Å². The monoisotopic (exact) mass is 434 g/mol. The van der Waals surface area contributed by atoms with Gasteiger partial charge in [0.1, 0.15) is 5.76 Å². The molecule has 1 saturated heterocycles. The van der Waals surface area contributed by atoms with Crippen molar-refractivity contribution in [1.82, 2.24) is 0 Å². The van der Waals surface area contributed by atoms with E-state index in [0.717, 1.165) is 0 Å². The number of allylic oxidation sites excluding steroid dienone is 1. The fraction of sp³-hybridized carbons (Fsp3) is 0.526. The van der Waals surface area contributed by atoms with Crippen LogP contribution in [-0.2, 0) is 34.2 Å². The maximum atomic E-state index is 13.0. The molecule has 29 heavy (non-hydrogen) atoms. The average Bonchev–Trinajstić information content (AvgIpc) is 3.19. The number of alkyl halides is 3. The number of esters is 1. The van der Waals surface area contributed by atoms with Crippen LogP contribution in [0.5, 0.6) is 0 Å². The van der Waals surface area contributed by atoms with Crippen molar-refractivity contribution in [3.8, 4) is 0 Å². The van der Waals surface area contributed by atoms with E-state index in [1.54, 1.807) is 30.3 Å². The number of hydrogen-bond donors (Lipinski definition) is 0. The predicted molar refractivity (Wildman–Crippen MR) is 95.4 cm³/mol. The van der Waals surface area contributed by atoms with E-state index in [4.69, 9.17) is 9.47 Å². The summed E-state index contributed by atoms with van der Waals surface area (Å²) in [5.74, 6) is -1.81. The largest absolute Gasteiger partial charge is 0.534 e. The smallest absolute Gasteiger partial charge is 0.433 e. The molecular weight excluding hydrogens is 413 g/mol. The number of ether oxygens (including phenoxy) is 2. The molecule has 6 nitrogen and oxygen atoms in total. The van der Waals surface area contributed by atoms with Gasteiger partial charge in [0.25, 0.3) is 0 Å². The highest BCUT2D eigenvalue weighted by Gasteiger charge is 2.59. The van der Waals surface area contributed by atoms with E-state index in [-0.39, 0.29) is 18.6 Å². The first kappa shape index (κ1) is 21.6. The third kappa shape index (κ3) is 3.87. The molecule has 2 aliphatic rings. The van der Waals surface area contributed by atoms with E-state index in [2.05, 4.69) is 4.18 Å². The van der Waals surface area contributed by atoms with Gasteiger partial charge in [-0.1, -0.05) is 51.1 Å². The van der Waals surface area contributed by atoms with Crippen molar-refractivity contribution < 1.29 is 40.0 Å². The first-order valence-corrected chi connectivity index (χ1v) is 10.3. The molecule has 1 fully saturated rings. The van der Waals surface area contributed by atoms with Gasteiger partial charge in [-0.25, -0.2) is 4.79 Å². The Balaban J connectivity index is 2.00. The minimum absolute atomic E-state index is 0.0919. The molecule has 1 aromatic carbocycles. The van der Waals surface area contributed by atoms with E-state index in [1.807, 2.05) is 20.8 Å². The van der Waals surface area contributed by atoms with Gasteiger partial charge >= 0.3 is 21.6 Å². The van der Waals surface area contributed by atoms with Gasteiger partial charge in [-0.3, -0.25) is 0 Å². The van der Waals surface area contributed by atoms with Crippen LogP contribution in [0, 0.1) is 11.3 Å². The summed E-state index contributed by atoms with van der Waals surface area (Å²) < 4.78 is 76.4. The third-order valence-corrected chi connectivity index (χ3v) is 5.83. The van der Waals surface area contributed by atoms with E-state index in [1.165, 1.54) is 6.08 Å². The SMILES string of the molecule is CC(C)(C)[C@H]1OC(=O)[C@](c2ccccc2)(C2C=C(OS(=O)(=O)C(F)(F)F)CC2)O1. The number of rotatable bonds is 4. The fourth-order valence-corrected chi connectivity index (χ4v) is 3.89. The Hall–Kier alpha value is -2.07.